The second-order valence-corrected chi connectivity index (χ2v) is 13.4. The van der Waals surface area contributed by atoms with Crippen molar-refractivity contribution in [1.29, 1.82) is 0 Å². The first-order valence-corrected chi connectivity index (χ1v) is 17.9. The zero-order valence-electron chi connectivity index (χ0n) is 30.4. The van der Waals surface area contributed by atoms with Gasteiger partial charge in [-0.05, 0) is 151 Å². The minimum Gasteiger partial charge on any atom is -0.310 e. The number of rotatable bonds is 10. The van der Waals surface area contributed by atoms with E-state index in [4.69, 9.17) is 0 Å². The van der Waals surface area contributed by atoms with Crippen molar-refractivity contribution in [2.45, 2.75) is 27.7 Å². The van der Waals surface area contributed by atoms with Gasteiger partial charge in [0.25, 0.3) is 0 Å². The van der Waals surface area contributed by atoms with Crippen molar-refractivity contribution in [2.75, 3.05) is 9.80 Å². The van der Waals surface area contributed by atoms with Crippen LogP contribution in [0.2, 0.25) is 0 Å². The number of benzene rings is 7. The molecule has 0 N–H and O–H groups in total. The van der Waals surface area contributed by atoms with Gasteiger partial charge in [-0.25, -0.2) is 0 Å². The largest absolute Gasteiger partial charge is 0.310 e. The summed E-state index contributed by atoms with van der Waals surface area (Å²) in [6, 6.07) is 60.7. The van der Waals surface area contributed by atoms with Crippen LogP contribution in [0, 0.1) is 27.7 Å². The molecule has 7 aromatic rings. The molecule has 0 heterocycles. The molecule has 0 fully saturated rings. The lowest BCUT2D eigenvalue weighted by atomic mass is 10.1. The maximum Gasteiger partial charge on any atom is 0.0464 e. The van der Waals surface area contributed by atoms with Crippen molar-refractivity contribution >= 4 is 58.4 Å². The van der Waals surface area contributed by atoms with E-state index in [0.29, 0.717) is 0 Å². The molecule has 2 heteroatoms. The summed E-state index contributed by atoms with van der Waals surface area (Å²) < 4.78 is 0. The lowest BCUT2D eigenvalue weighted by molar-refractivity contribution is 1.25. The van der Waals surface area contributed by atoms with Crippen molar-refractivity contribution in [3.63, 3.8) is 0 Å². The highest BCUT2D eigenvalue weighted by molar-refractivity contribution is 5.81. The van der Waals surface area contributed by atoms with Crippen LogP contribution in [0.1, 0.15) is 44.5 Å². The zero-order chi connectivity index (χ0) is 35.9. The van der Waals surface area contributed by atoms with Crippen LogP contribution in [0.25, 0.3) is 24.3 Å². The van der Waals surface area contributed by atoms with Gasteiger partial charge in [-0.3, -0.25) is 0 Å². The van der Waals surface area contributed by atoms with E-state index in [1.807, 2.05) is 0 Å². The van der Waals surface area contributed by atoms with Gasteiger partial charge >= 0.3 is 0 Å². The Kier molecular flexibility index (Phi) is 10.3. The van der Waals surface area contributed by atoms with Gasteiger partial charge in [0, 0.05) is 34.1 Å². The van der Waals surface area contributed by atoms with Gasteiger partial charge in [0.2, 0.25) is 0 Å². The summed E-state index contributed by atoms with van der Waals surface area (Å²) >= 11 is 0. The molecule has 0 amide bonds. The monoisotopic (exact) mass is 672 g/mol. The Morgan fingerprint density at radius 1 is 0.269 bits per heavy atom. The molecule has 0 spiro atoms. The summed E-state index contributed by atoms with van der Waals surface area (Å²) in [4.78, 5) is 4.63. The molecular weight excluding hydrogens is 629 g/mol. The fourth-order valence-electron chi connectivity index (χ4n) is 6.40. The summed E-state index contributed by atoms with van der Waals surface area (Å²) in [5.41, 5.74) is 16.7. The second kappa shape index (κ2) is 15.7. The van der Waals surface area contributed by atoms with Crippen LogP contribution in [0.5, 0.6) is 0 Å². The summed E-state index contributed by atoms with van der Waals surface area (Å²) in [5.74, 6) is 0. The van der Waals surface area contributed by atoms with Gasteiger partial charge in [0.15, 0.2) is 0 Å². The normalized spacial score (nSPS) is 11.3. The van der Waals surface area contributed by atoms with Gasteiger partial charge in [0.1, 0.15) is 0 Å². The molecule has 2 nitrogen and oxygen atoms in total. The average Bonchev–Trinajstić information content (AvgIpc) is 3.18. The molecule has 0 atom stereocenters. The molecule has 0 aliphatic heterocycles. The summed E-state index contributed by atoms with van der Waals surface area (Å²) in [6.07, 6.45) is 8.74. The summed E-state index contributed by atoms with van der Waals surface area (Å²) in [6.45, 7) is 8.66. The highest BCUT2D eigenvalue weighted by Crippen LogP contribution is 2.37. The van der Waals surface area contributed by atoms with E-state index in [1.54, 1.807) is 0 Å². The van der Waals surface area contributed by atoms with Crippen LogP contribution in [-0.4, -0.2) is 0 Å². The van der Waals surface area contributed by atoms with E-state index >= 15 is 0 Å². The number of hydrogen-bond donors (Lipinski definition) is 0. The average molecular weight is 673 g/mol. The molecule has 0 bridgehead atoms. The van der Waals surface area contributed by atoms with Crippen LogP contribution in [0.15, 0.2) is 170 Å². The molecule has 0 aliphatic carbocycles. The fraction of sp³-hybridized carbons (Fsp3) is 0.0800. The van der Waals surface area contributed by atoms with Crippen molar-refractivity contribution in [1.82, 2.24) is 0 Å². The Morgan fingerprint density at radius 3 is 1.00 bits per heavy atom. The van der Waals surface area contributed by atoms with Gasteiger partial charge in [-0.15, -0.1) is 0 Å². The van der Waals surface area contributed by atoms with E-state index in [0.717, 1.165) is 56.4 Å². The van der Waals surface area contributed by atoms with Crippen LogP contribution in [0.4, 0.5) is 34.1 Å². The maximum atomic E-state index is 2.31. The van der Waals surface area contributed by atoms with E-state index in [-0.39, 0.29) is 0 Å². The molecule has 254 valence electrons. The Morgan fingerprint density at radius 2 is 0.615 bits per heavy atom. The molecular formula is C50H44N2. The Bertz CT molecular complexity index is 2150. The Balaban J connectivity index is 1.06. The van der Waals surface area contributed by atoms with Gasteiger partial charge in [-0.2, -0.15) is 0 Å². The van der Waals surface area contributed by atoms with Gasteiger partial charge in [-0.1, -0.05) is 115 Å². The highest BCUT2D eigenvalue weighted by Gasteiger charge is 2.14. The predicted octanol–water partition coefficient (Wildman–Crippen LogP) is 14.2. The number of para-hydroxylation sites is 2. The minimum absolute atomic E-state index is 1.13. The lowest BCUT2D eigenvalue weighted by Gasteiger charge is -2.26. The van der Waals surface area contributed by atoms with Crippen LogP contribution in [-0.2, 0) is 0 Å². The van der Waals surface area contributed by atoms with Gasteiger partial charge < -0.3 is 9.80 Å². The number of hydrogen-bond acceptors (Lipinski definition) is 2. The van der Waals surface area contributed by atoms with Crippen molar-refractivity contribution in [3.05, 3.63) is 214 Å². The number of nitrogens with zero attached hydrogens (tertiary/aromatic N) is 2. The first-order chi connectivity index (χ1) is 25.4. The third-order valence-electron chi connectivity index (χ3n) is 9.68. The fourth-order valence-corrected chi connectivity index (χ4v) is 6.40. The van der Waals surface area contributed by atoms with Crippen LogP contribution < -0.4 is 9.80 Å². The number of aryl methyl sites for hydroxylation is 4. The molecule has 7 aromatic carbocycles. The molecule has 0 aromatic heterocycles. The predicted molar refractivity (Wildman–Crippen MR) is 225 cm³/mol. The number of anilines is 6. The molecule has 52 heavy (non-hydrogen) atoms. The molecule has 0 radical (unpaired) electrons. The first-order valence-electron chi connectivity index (χ1n) is 17.9. The molecule has 0 unspecified atom stereocenters. The zero-order valence-corrected chi connectivity index (χ0v) is 30.4. The van der Waals surface area contributed by atoms with E-state index in [2.05, 4.69) is 232 Å². The summed E-state index contributed by atoms with van der Waals surface area (Å²) in [7, 11) is 0. The summed E-state index contributed by atoms with van der Waals surface area (Å²) in [5, 5.41) is 0. The first kappa shape index (κ1) is 34.1. The quantitative estimate of drug-likeness (QED) is 0.133. The molecule has 0 saturated carbocycles. The molecule has 0 saturated heterocycles. The van der Waals surface area contributed by atoms with Crippen molar-refractivity contribution in [3.8, 4) is 0 Å². The standard InChI is InChI=1S/C50H44N2/c1-37-18-28-49(34-39(37)3)51(45-14-7-5-8-15-45)47-30-24-41(25-31-47)20-22-43-12-11-13-44(36-43)23-21-42-26-32-48(33-27-42)52(46-16-9-6-10-17-46)50-29-19-38(2)40(4)35-50/h5-36H,1-4H3. The second-order valence-electron chi connectivity index (χ2n) is 13.4. The lowest BCUT2D eigenvalue weighted by Crippen LogP contribution is -2.10. The van der Waals surface area contributed by atoms with E-state index in [9.17, 15) is 0 Å². The Labute approximate surface area is 309 Å². The maximum absolute atomic E-state index is 2.31. The van der Waals surface area contributed by atoms with E-state index < -0.39 is 0 Å². The van der Waals surface area contributed by atoms with Gasteiger partial charge in [0.05, 0.1) is 0 Å². The van der Waals surface area contributed by atoms with Crippen molar-refractivity contribution in [2.24, 2.45) is 0 Å². The van der Waals surface area contributed by atoms with Crippen molar-refractivity contribution < 1.29 is 0 Å². The molecule has 7 rings (SSSR count). The topological polar surface area (TPSA) is 6.48 Å². The van der Waals surface area contributed by atoms with Crippen LogP contribution >= 0.6 is 0 Å². The smallest absolute Gasteiger partial charge is 0.0464 e. The Hall–Kier alpha value is -6.38. The highest BCUT2D eigenvalue weighted by atomic mass is 15.1. The third kappa shape index (κ3) is 7.98. The SMILES string of the molecule is Cc1ccc(N(c2ccccc2)c2ccc(C=Cc3cccc(C=Cc4ccc(N(c5ccccc5)c5ccc(C)c(C)c5)cc4)c3)cc2)cc1C. The minimum atomic E-state index is 1.13. The van der Waals surface area contributed by atoms with E-state index in [1.165, 1.54) is 22.3 Å². The molecule has 0 aliphatic rings. The third-order valence-corrected chi connectivity index (χ3v) is 9.68. The van der Waals surface area contributed by atoms with Crippen LogP contribution in [0.3, 0.4) is 0 Å².